The van der Waals surface area contributed by atoms with Crippen molar-refractivity contribution in [3.8, 4) is 0 Å². The molecule has 1 saturated heterocycles. The summed E-state index contributed by atoms with van der Waals surface area (Å²) >= 11 is 0. The van der Waals surface area contributed by atoms with Gasteiger partial charge in [-0.3, -0.25) is 20.3 Å². The number of nitro groups is 1. The molecule has 1 amide bonds. The van der Waals surface area contributed by atoms with Crippen molar-refractivity contribution in [3.63, 3.8) is 0 Å². The van der Waals surface area contributed by atoms with Crippen LogP contribution in [0.5, 0.6) is 0 Å². The van der Waals surface area contributed by atoms with Crippen molar-refractivity contribution in [2.24, 2.45) is 0 Å². The lowest BCUT2D eigenvalue weighted by molar-refractivity contribution is -0.385. The van der Waals surface area contributed by atoms with Gasteiger partial charge in [-0.15, -0.1) is 0 Å². The SMILES string of the molecule is CCCC(c1cccc([N+](=O)[O-])c1)(N1NC(=O)CC1(C)C)C(F)(F)F. The molecule has 1 fully saturated rings. The number of nitrogens with one attached hydrogen (secondary N) is 1. The number of carbonyl (C=O) groups excluding carboxylic acids is 1. The summed E-state index contributed by atoms with van der Waals surface area (Å²) in [7, 11) is 0. The van der Waals surface area contributed by atoms with Gasteiger partial charge in [-0.1, -0.05) is 25.5 Å². The molecule has 1 heterocycles. The number of nitrogens with zero attached hydrogens (tertiary/aromatic N) is 2. The smallest absolute Gasteiger partial charge is 0.287 e. The first-order valence-electron chi connectivity index (χ1n) is 7.87. The number of benzene rings is 1. The summed E-state index contributed by atoms with van der Waals surface area (Å²) in [5, 5.41) is 12.0. The second-order valence-corrected chi connectivity index (χ2v) is 6.78. The molecule has 138 valence electrons. The number of non-ortho nitro benzene ring substituents is 1. The molecule has 1 unspecified atom stereocenters. The summed E-state index contributed by atoms with van der Waals surface area (Å²) in [5.41, 5.74) is -2.01. The Balaban J connectivity index is 2.74. The highest BCUT2D eigenvalue weighted by Crippen LogP contribution is 2.51. The molecule has 0 spiro atoms. The van der Waals surface area contributed by atoms with Gasteiger partial charge in [0.1, 0.15) is 0 Å². The molecule has 1 aromatic carbocycles. The van der Waals surface area contributed by atoms with E-state index in [1.54, 1.807) is 20.8 Å². The van der Waals surface area contributed by atoms with E-state index < -0.39 is 33.8 Å². The van der Waals surface area contributed by atoms with Crippen molar-refractivity contribution >= 4 is 11.6 Å². The minimum atomic E-state index is -4.76. The molecule has 0 saturated carbocycles. The number of amides is 1. The second kappa shape index (κ2) is 6.29. The zero-order chi connectivity index (χ0) is 19.0. The Hall–Kier alpha value is -2.16. The van der Waals surface area contributed by atoms with Crippen LogP contribution in [0.25, 0.3) is 0 Å². The third-order valence-corrected chi connectivity index (χ3v) is 4.43. The summed E-state index contributed by atoms with van der Waals surface area (Å²) < 4.78 is 43.0. The van der Waals surface area contributed by atoms with Crippen molar-refractivity contribution in [3.05, 3.63) is 39.9 Å². The fraction of sp³-hybridized carbons (Fsp3) is 0.562. The predicted octanol–water partition coefficient (Wildman–Crippen LogP) is 3.67. The lowest BCUT2D eigenvalue weighted by Gasteiger charge is -2.48. The molecule has 1 atom stereocenters. The predicted molar refractivity (Wildman–Crippen MR) is 84.4 cm³/mol. The Morgan fingerprint density at radius 2 is 2.00 bits per heavy atom. The van der Waals surface area contributed by atoms with Gasteiger partial charge in [0.15, 0.2) is 5.54 Å². The number of hydrazine groups is 1. The van der Waals surface area contributed by atoms with E-state index in [9.17, 15) is 28.1 Å². The Kier molecular flexibility index (Phi) is 4.82. The molecule has 0 aliphatic carbocycles. The molecule has 0 aromatic heterocycles. The van der Waals surface area contributed by atoms with Gasteiger partial charge >= 0.3 is 6.18 Å². The molecule has 9 heteroatoms. The van der Waals surface area contributed by atoms with E-state index >= 15 is 0 Å². The third kappa shape index (κ3) is 3.20. The maximum absolute atomic E-state index is 14.3. The van der Waals surface area contributed by atoms with Crippen LogP contribution in [0.15, 0.2) is 24.3 Å². The van der Waals surface area contributed by atoms with Gasteiger partial charge in [0.2, 0.25) is 5.91 Å². The van der Waals surface area contributed by atoms with E-state index in [4.69, 9.17) is 0 Å². The molecule has 1 aliphatic rings. The van der Waals surface area contributed by atoms with Gasteiger partial charge in [-0.2, -0.15) is 18.2 Å². The van der Waals surface area contributed by atoms with Crippen molar-refractivity contribution in [2.75, 3.05) is 0 Å². The van der Waals surface area contributed by atoms with Crippen molar-refractivity contribution < 1.29 is 22.9 Å². The third-order valence-electron chi connectivity index (χ3n) is 4.43. The van der Waals surface area contributed by atoms with E-state index in [0.29, 0.717) is 0 Å². The van der Waals surface area contributed by atoms with Crippen LogP contribution in [0.3, 0.4) is 0 Å². The van der Waals surface area contributed by atoms with Crippen molar-refractivity contribution in [1.82, 2.24) is 10.4 Å². The number of halogens is 3. The quantitative estimate of drug-likeness (QED) is 0.643. The van der Waals surface area contributed by atoms with Crippen LogP contribution in [0, 0.1) is 10.1 Å². The molecule has 1 aliphatic heterocycles. The molecular weight excluding hydrogens is 339 g/mol. The summed E-state index contributed by atoms with van der Waals surface area (Å²) in [5.74, 6) is -0.514. The van der Waals surface area contributed by atoms with Crippen LogP contribution in [0.1, 0.15) is 45.6 Å². The van der Waals surface area contributed by atoms with E-state index in [0.717, 1.165) is 17.1 Å². The first-order valence-corrected chi connectivity index (χ1v) is 7.87. The molecule has 2 rings (SSSR count). The number of hydrogen-bond acceptors (Lipinski definition) is 4. The highest BCUT2D eigenvalue weighted by Gasteiger charge is 2.64. The molecule has 0 radical (unpaired) electrons. The maximum atomic E-state index is 14.3. The van der Waals surface area contributed by atoms with Gasteiger partial charge < -0.3 is 0 Å². The summed E-state index contributed by atoms with van der Waals surface area (Å²) in [6.45, 7) is 4.68. The Morgan fingerprint density at radius 3 is 2.44 bits per heavy atom. The normalized spacial score (nSPS) is 20.2. The summed E-state index contributed by atoms with van der Waals surface area (Å²) in [6.07, 6.45) is -5.03. The average molecular weight is 359 g/mol. The number of carbonyl (C=O) groups is 1. The Bertz CT molecular complexity index is 691. The zero-order valence-electron chi connectivity index (χ0n) is 14.2. The van der Waals surface area contributed by atoms with Gasteiger partial charge in [0, 0.05) is 24.1 Å². The minimum absolute atomic E-state index is 0.0938. The lowest BCUT2D eigenvalue weighted by Crippen LogP contribution is -2.64. The molecule has 6 nitrogen and oxygen atoms in total. The Morgan fingerprint density at radius 1 is 1.36 bits per heavy atom. The van der Waals surface area contributed by atoms with Crippen molar-refractivity contribution in [2.45, 2.75) is 57.3 Å². The Labute approximate surface area is 143 Å². The number of hydrogen-bond donors (Lipinski definition) is 1. The van der Waals surface area contributed by atoms with Gasteiger partial charge in [-0.25, -0.2) is 0 Å². The molecule has 1 aromatic rings. The standard InChI is InChI=1S/C16H20F3N3O3/c1-4-8-15(16(17,18)19,22-14(2,3)10-13(23)20-22)11-6-5-7-12(9-11)21(24)25/h5-7,9H,4,8,10H2,1-3H3,(H,20,23). The number of alkyl halides is 3. The van der Waals surface area contributed by atoms with Crippen LogP contribution >= 0.6 is 0 Å². The van der Waals surface area contributed by atoms with E-state index in [2.05, 4.69) is 5.43 Å². The monoisotopic (exact) mass is 359 g/mol. The van der Waals surface area contributed by atoms with Crippen LogP contribution in [-0.4, -0.2) is 27.6 Å². The number of nitro benzene ring substituents is 1. The van der Waals surface area contributed by atoms with Crippen LogP contribution in [-0.2, 0) is 10.3 Å². The fourth-order valence-electron chi connectivity index (χ4n) is 3.46. The van der Waals surface area contributed by atoms with E-state index in [1.807, 2.05) is 0 Å². The lowest BCUT2D eigenvalue weighted by atomic mass is 9.81. The highest BCUT2D eigenvalue weighted by molar-refractivity contribution is 5.79. The van der Waals surface area contributed by atoms with Gasteiger partial charge in [0.05, 0.1) is 4.92 Å². The first-order chi connectivity index (χ1) is 11.5. The van der Waals surface area contributed by atoms with E-state index in [1.165, 1.54) is 12.1 Å². The molecular formula is C16H20F3N3O3. The largest absolute Gasteiger partial charge is 0.412 e. The molecule has 25 heavy (non-hydrogen) atoms. The highest BCUT2D eigenvalue weighted by atomic mass is 19.4. The topological polar surface area (TPSA) is 75.5 Å². The molecule has 1 N–H and O–H groups in total. The van der Waals surface area contributed by atoms with Gasteiger partial charge in [-0.05, 0) is 25.8 Å². The van der Waals surface area contributed by atoms with Crippen LogP contribution in [0.2, 0.25) is 0 Å². The fourth-order valence-corrected chi connectivity index (χ4v) is 3.46. The maximum Gasteiger partial charge on any atom is 0.412 e. The summed E-state index contributed by atoms with van der Waals surface area (Å²) in [6, 6.07) is 4.53. The number of rotatable bonds is 5. The van der Waals surface area contributed by atoms with Gasteiger partial charge in [0.25, 0.3) is 5.69 Å². The first kappa shape index (κ1) is 19.2. The molecule has 0 bridgehead atoms. The van der Waals surface area contributed by atoms with Crippen LogP contribution < -0.4 is 5.43 Å². The van der Waals surface area contributed by atoms with Crippen molar-refractivity contribution in [1.29, 1.82) is 0 Å². The minimum Gasteiger partial charge on any atom is -0.287 e. The average Bonchev–Trinajstić information content (AvgIpc) is 2.76. The second-order valence-electron chi connectivity index (χ2n) is 6.78. The summed E-state index contributed by atoms with van der Waals surface area (Å²) in [4.78, 5) is 22.1. The van der Waals surface area contributed by atoms with E-state index in [-0.39, 0.29) is 24.8 Å². The van der Waals surface area contributed by atoms with Crippen LogP contribution in [0.4, 0.5) is 18.9 Å². The zero-order valence-corrected chi connectivity index (χ0v) is 14.2.